The number of nitrogens with one attached hydrogen (secondary N) is 1. The maximum Gasteiger partial charge on any atom is 0.156 e. The van der Waals surface area contributed by atoms with E-state index in [1.807, 2.05) is 0 Å². The number of halogens is 2. The Bertz CT molecular complexity index is 417. The SMILES string of the molecule is O=C(Cc1cc(F)ccc1F)C1COCCN1. The lowest BCUT2D eigenvalue weighted by Crippen LogP contribution is -2.47. The van der Waals surface area contributed by atoms with Crippen molar-refractivity contribution in [2.45, 2.75) is 12.5 Å². The van der Waals surface area contributed by atoms with Crippen molar-refractivity contribution in [3.05, 3.63) is 35.4 Å². The molecule has 1 aliphatic heterocycles. The first-order chi connectivity index (χ1) is 8.16. The standard InChI is InChI=1S/C12H13F2NO2/c13-9-1-2-10(14)8(5-9)6-12(16)11-7-17-4-3-15-11/h1-2,5,11,15H,3-4,6-7H2. The molecule has 1 unspecified atom stereocenters. The minimum absolute atomic E-state index is 0.0855. The molecule has 92 valence electrons. The summed E-state index contributed by atoms with van der Waals surface area (Å²) in [6.07, 6.45) is -0.120. The van der Waals surface area contributed by atoms with E-state index in [-0.39, 0.29) is 24.4 Å². The lowest BCUT2D eigenvalue weighted by Gasteiger charge is -2.22. The Labute approximate surface area is 97.8 Å². The van der Waals surface area contributed by atoms with E-state index in [9.17, 15) is 13.6 Å². The van der Waals surface area contributed by atoms with Crippen molar-refractivity contribution in [1.82, 2.24) is 5.32 Å². The van der Waals surface area contributed by atoms with E-state index >= 15 is 0 Å². The highest BCUT2D eigenvalue weighted by Gasteiger charge is 2.22. The van der Waals surface area contributed by atoms with Gasteiger partial charge in [0.15, 0.2) is 5.78 Å². The maximum atomic E-state index is 13.3. The zero-order valence-electron chi connectivity index (χ0n) is 9.21. The van der Waals surface area contributed by atoms with Crippen LogP contribution in [0.3, 0.4) is 0 Å². The molecule has 0 aliphatic carbocycles. The molecule has 0 saturated carbocycles. The third-order valence-electron chi connectivity index (χ3n) is 2.68. The number of ether oxygens (including phenoxy) is 1. The van der Waals surface area contributed by atoms with E-state index in [2.05, 4.69) is 5.32 Å². The van der Waals surface area contributed by atoms with Crippen LogP contribution in [0.2, 0.25) is 0 Å². The van der Waals surface area contributed by atoms with Gasteiger partial charge in [0.2, 0.25) is 0 Å². The third-order valence-corrected chi connectivity index (χ3v) is 2.68. The van der Waals surface area contributed by atoms with Crippen molar-refractivity contribution < 1.29 is 18.3 Å². The molecule has 5 heteroatoms. The van der Waals surface area contributed by atoms with E-state index in [1.165, 1.54) is 0 Å². The van der Waals surface area contributed by atoms with Crippen molar-refractivity contribution in [3.8, 4) is 0 Å². The second-order valence-corrected chi connectivity index (χ2v) is 3.96. The average Bonchev–Trinajstić information content (AvgIpc) is 2.35. The van der Waals surface area contributed by atoms with Crippen LogP contribution in [0.4, 0.5) is 8.78 Å². The first-order valence-electron chi connectivity index (χ1n) is 5.44. The highest BCUT2D eigenvalue weighted by atomic mass is 19.1. The number of ketones is 1. The summed E-state index contributed by atoms with van der Waals surface area (Å²) >= 11 is 0. The molecule has 1 atom stereocenters. The molecular formula is C12H13F2NO2. The molecule has 1 aromatic carbocycles. The van der Waals surface area contributed by atoms with Crippen LogP contribution in [0.15, 0.2) is 18.2 Å². The summed E-state index contributed by atoms with van der Waals surface area (Å²) in [5.74, 6) is -1.28. The molecular weight excluding hydrogens is 228 g/mol. The molecule has 2 rings (SSSR count). The first kappa shape index (κ1) is 12.1. The number of hydrogen-bond donors (Lipinski definition) is 1. The minimum atomic E-state index is -0.559. The average molecular weight is 241 g/mol. The van der Waals surface area contributed by atoms with Gasteiger partial charge in [0.05, 0.1) is 19.3 Å². The highest BCUT2D eigenvalue weighted by molar-refractivity contribution is 5.86. The summed E-state index contributed by atoms with van der Waals surface area (Å²) in [6.45, 7) is 1.45. The molecule has 1 aliphatic rings. The summed E-state index contributed by atoms with van der Waals surface area (Å²) in [7, 11) is 0. The summed E-state index contributed by atoms with van der Waals surface area (Å²) in [6, 6.07) is 2.69. The molecule has 1 aromatic rings. The molecule has 0 amide bonds. The predicted octanol–water partition coefficient (Wildman–Crippen LogP) is 1.06. The Morgan fingerprint density at radius 1 is 1.47 bits per heavy atom. The van der Waals surface area contributed by atoms with Gasteiger partial charge in [0.1, 0.15) is 11.6 Å². The van der Waals surface area contributed by atoms with Crippen LogP contribution in [0, 0.1) is 11.6 Å². The van der Waals surface area contributed by atoms with Gasteiger partial charge in [-0.15, -0.1) is 0 Å². The normalized spacial score (nSPS) is 20.2. The van der Waals surface area contributed by atoms with Crippen LogP contribution in [-0.2, 0) is 16.0 Å². The Hall–Kier alpha value is -1.33. The van der Waals surface area contributed by atoms with E-state index in [1.54, 1.807) is 0 Å². The van der Waals surface area contributed by atoms with Gasteiger partial charge in [-0.05, 0) is 23.8 Å². The van der Waals surface area contributed by atoms with Gasteiger partial charge in [0.25, 0.3) is 0 Å². The number of morpholine rings is 1. The molecule has 1 N–H and O–H groups in total. The molecule has 0 spiro atoms. The molecule has 1 fully saturated rings. The van der Waals surface area contributed by atoms with Crippen molar-refractivity contribution in [2.24, 2.45) is 0 Å². The number of rotatable bonds is 3. The van der Waals surface area contributed by atoms with Crippen molar-refractivity contribution in [3.63, 3.8) is 0 Å². The summed E-state index contributed by atoms with van der Waals surface area (Å²) < 4.78 is 31.4. The largest absolute Gasteiger partial charge is 0.378 e. The third kappa shape index (κ3) is 3.08. The number of Topliss-reactive ketones (excluding diaryl/α,β-unsaturated/α-hetero) is 1. The van der Waals surface area contributed by atoms with Gasteiger partial charge < -0.3 is 10.1 Å². The zero-order valence-corrected chi connectivity index (χ0v) is 9.21. The number of hydrogen-bond acceptors (Lipinski definition) is 3. The second-order valence-electron chi connectivity index (χ2n) is 3.96. The molecule has 0 radical (unpaired) electrons. The molecule has 1 saturated heterocycles. The Kier molecular flexibility index (Phi) is 3.81. The van der Waals surface area contributed by atoms with Crippen LogP contribution in [0.25, 0.3) is 0 Å². The van der Waals surface area contributed by atoms with E-state index in [4.69, 9.17) is 4.74 Å². The number of carbonyl (C=O) groups is 1. The van der Waals surface area contributed by atoms with Gasteiger partial charge in [-0.25, -0.2) is 8.78 Å². The van der Waals surface area contributed by atoms with Crippen molar-refractivity contribution >= 4 is 5.78 Å². The quantitative estimate of drug-likeness (QED) is 0.860. The van der Waals surface area contributed by atoms with Gasteiger partial charge in [0, 0.05) is 13.0 Å². The Morgan fingerprint density at radius 2 is 2.29 bits per heavy atom. The summed E-state index contributed by atoms with van der Waals surface area (Å²) in [5, 5.41) is 2.98. The van der Waals surface area contributed by atoms with Gasteiger partial charge in [-0.2, -0.15) is 0 Å². The fraction of sp³-hybridized carbons (Fsp3) is 0.417. The molecule has 3 nitrogen and oxygen atoms in total. The Balaban J connectivity index is 2.04. The van der Waals surface area contributed by atoms with Crippen LogP contribution < -0.4 is 5.32 Å². The molecule has 0 bridgehead atoms. The topological polar surface area (TPSA) is 38.3 Å². The van der Waals surface area contributed by atoms with Gasteiger partial charge >= 0.3 is 0 Å². The van der Waals surface area contributed by atoms with E-state index in [0.717, 1.165) is 18.2 Å². The fourth-order valence-corrected chi connectivity index (χ4v) is 1.76. The van der Waals surface area contributed by atoms with E-state index in [0.29, 0.717) is 13.2 Å². The first-order valence-corrected chi connectivity index (χ1v) is 5.44. The van der Waals surface area contributed by atoms with Crippen LogP contribution in [0.5, 0.6) is 0 Å². The van der Waals surface area contributed by atoms with Crippen molar-refractivity contribution in [1.29, 1.82) is 0 Å². The second kappa shape index (κ2) is 5.33. The highest BCUT2D eigenvalue weighted by Crippen LogP contribution is 2.12. The van der Waals surface area contributed by atoms with Crippen LogP contribution >= 0.6 is 0 Å². The Morgan fingerprint density at radius 3 is 3.00 bits per heavy atom. The zero-order chi connectivity index (χ0) is 12.3. The molecule has 17 heavy (non-hydrogen) atoms. The number of carbonyl (C=O) groups excluding carboxylic acids is 1. The lowest BCUT2D eigenvalue weighted by atomic mass is 10.0. The lowest BCUT2D eigenvalue weighted by molar-refractivity contribution is -0.123. The van der Waals surface area contributed by atoms with Crippen LogP contribution in [0.1, 0.15) is 5.56 Å². The fourth-order valence-electron chi connectivity index (χ4n) is 1.76. The summed E-state index contributed by atoms with van der Waals surface area (Å²) in [4.78, 5) is 11.8. The predicted molar refractivity (Wildman–Crippen MR) is 57.7 cm³/mol. The van der Waals surface area contributed by atoms with Crippen molar-refractivity contribution in [2.75, 3.05) is 19.8 Å². The smallest absolute Gasteiger partial charge is 0.156 e. The van der Waals surface area contributed by atoms with Gasteiger partial charge in [-0.3, -0.25) is 4.79 Å². The maximum absolute atomic E-state index is 13.3. The van der Waals surface area contributed by atoms with E-state index < -0.39 is 17.7 Å². The molecule has 0 aromatic heterocycles. The molecule has 1 heterocycles. The minimum Gasteiger partial charge on any atom is -0.378 e. The van der Waals surface area contributed by atoms with Crippen LogP contribution in [-0.4, -0.2) is 31.6 Å². The monoisotopic (exact) mass is 241 g/mol. The van der Waals surface area contributed by atoms with Gasteiger partial charge in [-0.1, -0.05) is 0 Å². The summed E-state index contributed by atoms with van der Waals surface area (Å²) in [5.41, 5.74) is 0.0855. The number of benzene rings is 1.